The van der Waals surface area contributed by atoms with Crippen molar-refractivity contribution in [2.24, 2.45) is 10.8 Å². The van der Waals surface area contributed by atoms with E-state index in [1.807, 2.05) is 13.8 Å². The van der Waals surface area contributed by atoms with Crippen LogP contribution < -0.4 is 10.6 Å². The van der Waals surface area contributed by atoms with Crippen molar-refractivity contribution in [1.82, 2.24) is 15.5 Å². The third-order valence-electron chi connectivity index (χ3n) is 3.20. The predicted molar refractivity (Wildman–Crippen MR) is 75.8 cm³/mol. The predicted octanol–water partition coefficient (Wildman–Crippen LogP) is 1.59. The van der Waals surface area contributed by atoms with Crippen molar-refractivity contribution in [3.8, 4) is 0 Å². The molecule has 0 radical (unpaired) electrons. The second-order valence-electron chi connectivity index (χ2n) is 7.10. The van der Waals surface area contributed by atoms with Gasteiger partial charge in [-0.1, -0.05) is 34.6 Å². The van der Waals surface area contributed by atoms with Crippen LogP contribution in [0.25, 0.3) is 0 Å². The molecule has 0 spiro atoms. The molecule has 1 heterocycles. The molecule has 0 unspecified atom stereocenters. The minimum absolute atomic E-state index is 0.0387. The molecule has 0 aromatic carbocycles. The molecule has 1 aliphatic rings. The summed E-state index contributed by atoms with van der Waals surface area (Å²) in [6, 6.07) is -0.0387. The zero-order chi connectivity index (χ0) is 14.7. The molecule has 0 aliphatic carbocycles. The van der Waals surface area contributed by atoms with Gasteiger partial charge in [-0.05, 0) is 11.8 Å². The fraction of sp³-hybridized carbons (Fsp3) is 0.857. The molecular formula is C14H27N3O2. The van der Waals surface area contributed by atoms with Crippen molar-refractivity contribution in [2.75, 3.05) is 26.2 Å². The van der Waals surface area contributed by atoms with Crippen molar-refractivity contribution in [2.45, 2.75) is 41.0 Å². The molecule has 5 nitrogen and oxygen atoms in total. The van der Waals surface area contributed by atoms with Gasteiger partial charge in [0.25, 0.3) is 0 Å². The van der Waals surface area contributed by atoms with Crippen LogP contribution in [0.3, 0.4) is 0 Å². The quantitative estimate of drug-likeness (QED) is 0.796. The van der Waals surface area contributed by atoms with E-state index in [0.29, 0.717) is 19.6 Å². The van der Waals surface area contributed by atoms with E-state index in [0.717, 1.165) is 13.0 Å². The Hall–Kier alpha value is -1.26. The van der Waals surface area contributed by atoms with Crippen molar-refractivity contribution in [1.29, 1.82) is 0 Å². The molecule has 1 aliphatic heterocycles. The first-order valence-electron chi connectivity index (χ1n) is 6.93. The van der Waals surface area contributed by atoms with Crippen LogP contribution in [0.15, 0.2) is 0 Å². The second-order valence-corrected chi connectivity index (χ2v) is 7.10. The SMILES string of the molecule is CC(C)(C)CC(C)(C)C(=O)NCCN1CCNC1=O. The molecule has 0 atom stereocenters. The van der Waals surface area contributed by atoms with Crippen molar-refractivity contribution < 1.29 is 9.59 Å². The Morgan fingerprint density at radius 2 is 1.95 bits per heavy atom. The van der Waals surface area contributed by atoms with E-state index in [4.69, 9.17) is 0 Å². The first kappa shape index (κ1) is 15.8. The van der Waals surface area contributed by atoms with Crippen molar-refractivity contribution in [3.63, 3.8) is 0 Å². The summed E-state index contributed by atoms with van der Waals surface area (Å²) in [6.45, 7) is 12.8. The Morgan fingerprint density at radius 3 is 2.42 bits per heavy atom. The van der Waals surface area contributed by atoms with Crippen LogP contribution in [0, 0.1) is 10.8 Å². The summed E-state index contributed by atoms with van der Waals surface area (Å²) in [4.78, 5) is 25.2. The van der Waals surface area contributed by atoms with Gasteiger partial charge in [-0.3, -0.25) is 4.79 Å². The Kier molecular flexibility index (Phi) is 4.82. The Bertz CT molecular complexity index is 345. The van der Waals surface area contributed by atoms with Gasteiger partial charge in [-0.2, -0.15) is 0 Å². The number of carbonyl (C=O) groups excluding carboxylic acids is 2. The molecule has 110 valence electrons. The molecule has 1 saturated heterocycles. The van der Waals surface area contributed by atoms with E-state index < -0.39 is 0 Å². The maximum atomic E-state index is 12.2. The summed E-state index contributed by atoms with van der Waals surface area (Å²) in [7, 11) is 0. The highest BCUT2D eigenvalue weighted by molar-refractivity contribution is 5.82. The van der Waals surface area contributed by atoms with E-state index in [9.17, 15) is 9.59 Å². The average molecular weight is 269 g/mol. The summed E-state index contributed by atoms with van der Waals surface area (Å²) in [5.41, 5.74) is -0.263. The standard InChI is InChI=1S/C14H27N3O2/c1-13(2,3)10-14(4,5)11(18)15-6-8-17-9-7-16-12(17)19/h6-10H2,1-5H3,(H,15,18)(H,16,19). The summed E-state index contributed by atoms with van der Waals surface area (Å²) in [5, 5.41) is 5.68. The first-order valence-corrected chi connectivity index (χ1v) is 6.93. The maximum Gasteiger partial charge on any atom is 0.317 e. The van der Waals surface area contributed by atoms with Gasteiger partial charge in [0.05, 0.1) is 0 Å². The van der Waals surface area contributed by atoms with E-state index in [1.54, 1.807) is 4.90 Å². The lowest BCUT2D eigenvalue weighted by Crippen LogP contribution is -2.43. The normalized spacial score (nSPS) is 16.5. The monoisotopic (exact) mass is 269 g/mol. The van der Waals surface area contributed by atoms with Crippen LogP contribution in [-0.4, -0.2) is 43.0 Å². The number of hydrogen-bond acceptors (Lipinski definition) is 2. The summed E-state index contributed by atoms with van der Waals surface area (Å²) in [5.74, 6) is 0.0574. The van der Waals surface area contributed by atoms with Gasteiger partial charge in [0.15, 0.2) is 0 Å². The highest BCUT2D eigenvalue weighted by Crippen LogP contribution is 2.33. The zero-order valence-corrected chi connectivity index (χ0v) is 12.8. The molecule has 1 rings (SSSR count). The van der Waals surface area contributed by atoms with Crippen LogP contribution in [0.5, 0.6) is 0 Å². The minimum atomic E-state index is -0.383. The van der Waals surface area contributed by atoms with E-state index in [2.05, 4.69) is 31.4 Å². The van der Waals surface area contributed by atoms with E-state index >= 15 is 0 Å². The summed E-state index contributed by atoms with van der Waals surface area (Å²) in [6.07, 6.45) is 0.829. The number of urea groups is 1. The smallest absolute Gasteiger partial charge is 0.317 e. The zero-order valence-electron chi connectivity index (χ0n) is 12.8. The Labute approximate surface area is 116 Å². The average Bonchev–Trinajstić information content (AvgIpc) is 2.60. The molecule has 3 amide bonds. The fourth-order valence-electron chi connectivity index (χ4n) is 2.67. The number of amides is 3. The van der Waals surface area contributed by atoms with Gasteiger partial charge in [0.1, 0.15) is 0 Å². The van der Waals surface area contributed by atoms with E-state index in [1.165, 1.54) is 0 Å². The van der Waals surface area contributed by atoms with Crippen LogP contribution in [0.4, 0.5) is 4.79 Å². The number of nitrogens with zero attached hydrogens (tertiary/aromatic N) is 1. The fourth-order valence-corrected chi connectivity index (χ4v) is 2.67. The third-order valence-corrected chi connectivity index (χ3v) is 3.20. The van der Waals surface area contributed by atoms with Gasteiger partial charge >= 0.3 is 6.03 Å². The lowest BCUT2D eigenvalue weighted by molar-refractivity contribution is -0.130. The minimum Gasteiger partial charge on any atom is -0.354 e. The lowest BCUT2D eigenvalue weighted by atomic mass is 9.76. The van der Waals surface area contributed by atoms with Gasteiger partial charge < -0.3 is 15.5 Å². The molecule has 0 bridgehead atoms. The van der Waals surface area contributed by atoms with E-state index in [-0.39, 0.29) is 22.8 Å². The topological polar surface area (TPSA) is 61.4 Å². The molecule has 0 saturated carbocycles. The van der Waals surface area contributed by atoms with Crippen molar-refractivity contribution in [3.05, 3.63) is 0 Å². The number of carbonyl (C=O) groups is 2. The van der Waals surface area contributed by atoms with Crippen LogP contribution in [0.1, 0.15) is 41.0 Å². The molecule has 0 aromatic heterocycles. The number of hydrogen-bond donors (Lipinski definition) is 2. The molecule has 0 aromatic rings. The third kappa shape index (κ3) is 5.09. The Morgan fingerprint density at radius 1 is 1.32 bits per heavy atom. The maximum absolute atomic E-state index is 12.2. The van der Waals surface area contributed by atoms with Gasteiger partial charge in [0, 0.05) is 31.6 Å². The van der Waals surface area contributed by atoms with Gasteiger partial charge in [-0.15, -0.1) is 0 Å². The Balaban J connectivity index is 2.36. The van der Waals surface area contributed by atoms with Crippen LogP contribution in [0.2, 0.25) is 0 Å². The molecular weight excluding hydrogens is 242 g/mol. The molecule has 5 heteroatoms. The number of rotatable bonds is 5. The highest BCUT2D eigenvalue weighted by atomic mass is 16.2. The highest BCUT2D eigenvalue weighted by Gasteiger charge is 2.32. The van der Waals surface area contributed by atoms with Crippen molar-refractivity contribution >= 4 is 11.9 Å². The largest absolute Gasteiger partial charge is 0.354 e. The number of nitrogens with one attached hydrogen (secondary N) is 2. The summed E-state index contributed by atoms with van der Waals surface area (Å²) >= 11 is 0. The lowest BCUT2D eigenvalue weighted by Gasteiger charge is -2.31. The van der Waals surface area contributed by atoms with Crippen LogP contribution >= 0.6 is 0 Å². The van der Waals surface area contributed by atoms with Gasteiger partial charge in [0.2, 0.25) is 5.91 Å². The van der Waals surface area contributed by atoms with Crippen LogP contribution in [-0.2, 0) is 4.79 Å². The molecule has 2 N–H and O–H groups in total. The summed E-state index contributed by atoms with van der Waals surface area (Å²) < 4.78 is 0. The van der Waals surface area contributed by atoms with Gasteiger partial charge in [-0.25, -0.2) is 4.79 Å². The molecule has 19 heavy (non-hydrogen) atoms. The molecule has 1 fully saturated rings. The first-order chi connectivity index (χ1) is 8.62. The second kappa shape index (κ2) is 5.80.